The summed E-state index contributed by atoms with van der Waals surface area (Å²) in [5.41, 5.74) is 6.89. The summed E-state index contributed by atoms with van der Waals surface area (Å²) < 4.78 is 20.0. The molecule has 20 heavy (non-hydrogen) atoms. The Bertz CT molecular complexity index is 487. The molecule has 1 saturated heterocycles. The molecule has 1 aromatic rings. The fourth-order valence-corrected chi connectivity index (χ4v) is 3.94. The van der Waals surface area contributed by atoms with Gasteiger partial charge in [-0.2, -0.15) is 0 Å². The molecule has 2 fully saturated rings. The van der Waals surface area contributed by atoms with Crippen LogP contribution in [0.4, 0.5) is 4.39 Å². The molecule has 2 nitrogen and oxygen atoms in total. The van der Waals surface area contributed by atoms with Crippen molar-refractivity contribution in [2.45, 2.75) is 50.2 Å². The van der Waals surface area contributed by atoms with Gasteiger partial charge in [-0.3, -0.25) is 0 Å². The van der Waals surface area contributed by atoms with E-state index in [4.69, 9.17) is 22.1 Å². The van der Waals surface area contributed by atoms with Gasteiger partial charge in [-0.1, -0.05) is 24.4 Å². The summed E-state index contributed by atoms with van der Waals surface area (Å²) >= 11 is 5.97. The van der Waals surface area contributed by atoms with Crippen LogP contribution >= 0.6 is 11.6 Å². The van der Waals surface area contributed by atoms with Crippen molar-refractivity contribution in [1.82, 2.24) is 0 Å². The normalized spacial score (nSPS) is 26.9. The maximum atomic E-state index is 14.0. The van der Waals surface area contributed by atoms with Crippen molar-refractivity contribution in [2.24, 2.45) is 11.7 Å². The summed E-state index contributed by atoms with van der Waals surface area (Å²) in [6.45, 7) is 0.737. The Balaban J connectivity index is 1.79. The van der Waals surface area contributed by atoms with Crippen LogP contribution in [0.5, 0.6) is 0 Å². The number of nitrogens with two attached hydrogens (primary N) is 1. The average molecular weight is 298 g/mol. The lowest BCUT2D eigenvalue weighted by Crippen LogP contribution is -2.40. The summed E-state index contributed by atoms with van der Waals surface area (Å²) in [5.74, 6) is 0.0173. The van der Waals surface area contributed by atoms with Gasteiger partial charge in [-0.15, -0.1) is 0 Å². The highest BCUT2D eigenvalue weighted by molar-refractivity contribution is 6.30. The lowest BCUT2D eigenvalue weighted by Gasteiger charge is -2.40. The molecule has 2 aliphatic rings. The molecule has 1 spiro atoms. The third-order valence-corrected chi connectivity index (χ3v) is 5.11. The molecule has 1 aliphatic carbocycles. The molecule has 0 aromatic heterocycles. The molecule has 1 saturated carbocycles. The second kappa shape index (κ2) is 5.63. The molecule has 1 aliphatic heterocycles. The van der Waals surface area contributed by atoms with Gasteiger partial charge in [0, 0.05) is 23.2 Å². The zero-order valence-electron chi connectivity index (χ0n) is 11.6. The molecule has 2 unspecified atom stereocenters. The van der Waals surface area contributed by atoms with Crippen molar-refractivity contribution in [3.05, 3.63) is 34.6 Å². The number of halogens is 2. The van der Waals surface area contributed by atoms with Crippen LogP contribution in [0.2, 0.25) is 5.02 Å². The van der Waals surface area contributed by atoms with E-state index in [1.54, 1.807) is 12.1 Å². The minimum atomic E-state index is -0.296. The first kappa shape index (κ1) is 14.3. The predicted octanol–water partition coefficient (Wildman–Crippen LogP) is 4.22. The van der Waals surface area contributed by atoms with E-state index < -0.39 is 0 Å². The molecule has 0 amide bonds. The van der Waals surface area contributed by atoms with E-state index >= 15 is 0 Å². The first-order valence-electron chi connectivity index (χ1n) is 7.44. The summed E-state index contributed by atoms with van der Waals surface area (Å²) in [6.07, 6.45) is 6.54. The molecule has 2 N–H and O–H groups in total. The summed E-state index contributed by atoms with van der Waals surface area (Å²) in [6, 6.07) is 4.34. The van der Waals surface area contributed by atoms with Gasteiger partial charge < -0.3 is 10.5 Å². The van der Waals surface area contributed by atoms with Crippen LogP contribution in [-0.4, -0.2) is 12.2 Å². The van der Waals surface area contributed by atoms with Crippen LogP contribution in [0.3, 0.4) is 0 Å². The van der Waals surface area contributed by atoms with E-state index in [0.717, 1.165) is 32.3 Å². The monoisotopic (exact) mass is 297 g/mol. The van der Waals surface area contributed by atoms with Gasteiger partial charge in [-0.25, -0.2) is 4.39 Å². The molecule has 2 atom stereocenters. The molecule has 0 radical (unpaired) electrons. The quantitative estimate of drug-likeness (QED) is 0.887. The molecular weight excluding hydrogens is 277 g/mol. The van der Waals surface area contributed by atoms with Gasteiger partial charge >= 0.3 is 0 Å². The fraction of sp³-hybridized carbons (Fsp3) is 0.625. The molecule has 1 heterocycles. The van der Waals surface area contributed by atoms with Crippen molar-refractivity contribution in [2.75, 3.05) is 6.61 Å². The first-order valence-corrected chi connectivity index (χ1v) is 7.82. The smallest absolute Gasteiger partial charge is 0.128 e. The minimum Gasteiger partial charge on any atom is -0.375 e. The lowest BCUT2D eigenvalue weighted by molar-refractivity contribution is -0.0965. The maximum absolute atomic E-state index is 14.0. The standard InChI is InChI=1S/C16H21ClFNO/c17-12-3-4-14(18)13(9-12)15(19)11-5-8-20-16(10-11)6-1-2-7-16/h3-4,9,11,15H,1-2,5-8,10,19H2. The van der Waals surface area contributed by atoms with Gasteiger partial charge in [-0.05, 0) is 49.8 Å². The Labute approximate surface area is 124 Å². The Morgan fingerprint density at radius 3 is 2.85 bits per heavy atom. The minimum absolute atomic E-state index is 0.00951. The van der Waals surface area contributed by atoms with Crippen molar-refractivity contribution in [1.29, 1.82) is 0 Å². The number of rotatable bonds is 2. The third kappa shape index (κ3) is 2.72. The second-order valence-electron chi connectivity index (χ2n) is 6.18. The highest BCUT2D eigenvalue weighted by atomic mass is 35.5. The van der Waals surface area contributed by atoms with E-state index in [-0.39, 0.29) is 23.4 Å². The van der Waals surface area contributed by atoms with Crippen LogP contribution in [0.25, 0.3) is 0 Å². The van der Waals surface area contributed by atoms with Crippen LogP contribution in [0.1, 0.15) is 50.1 Å². The van der Waals surface area contributed by atoms with Gasteiger partial charge in [0.25, 0.3) is 0 Å². The van der Waals surface area contributed by atoms with Crippen molar-refractivity contribution in [3.63, 3.8) is 0 Å². The van der Waals surface area contributed by atoms with E-state index in [1.165, 1.54) is 18.9 Å². The topological polar surface area (TPSA) is 35.2 Å². The van der Waals surface area contributed by atoms with E-state index in [9.17, 15) is 4.39 Å². The molecule has 4 heteroatoms. The Morgan fingerprint density at radius 1 is 1.35 bits per heavy atom. The molecular formula is C16H21ClFNO. The van der Waals surface area contributed by atoms with Crippen molar-refractivity contribution in [3.8, 4) is 0 Å². The number of ether oxygens (including phenoxy) is 1. The van der Waals surface area contributed by atoms with Crippen LogP contribution in [0, 0.1) is 11.7 Å². The molecule has 0 bridgehead atoms. The largest absolute Gasteiger partial charge is 0.375 e. The number of benzene rings is 1. The Hall–Kier alpha value is -0.640. The SMILES string of the molecule is NC(c1cc(Cl)ccc1F)C1CCOC2(CCCC2)C1. The van der Waals surface area contributed by atoms with Gasteiger partial charge in [0.1, 0.15) is 5.82 Å². The number of hydrogen-bond acceptors (Lipinski definition) is 2. The van der Waals surface area contributed by atoms with Gasteiger partial charge in [0.05, 0.1) is 5.60 Å². The molecule has 3 rings (SSSR count). The van der Waals surface area contributed by atoms with Gasteiger partial charge in [0.15, 0.2) is 0 Å². The fourth-order valence-electron chi connectivity index (χ4n) is 3.76. The molecule has 1 aromatic carbocycles. The zero-order valence-corrected chi connectivity index (χ0v) is 12.3. The van der Waals surface area contributed by atoms with Crippen LogP contribution in [0.15, 0.2) is 18.2 Å². The summed E-state index contributed by atoms with van der Waals surface area (Å²) in [5, 5.41) is 0.541. The number of hydrogen-bond donors (Lipinski definition) is 1. The average Bonchev–Trinajstić information content (AvgIpc) is 2.88. The first-order chi connectivity index (χ1) is 9.60. The Kier molecular flexibility index (Phi) is 4.02. The summed E-state index contributed by atoms with van der Waals surface area (Å²) in [4.78, 5) is 0. The van der Waals surface area contributed by atoms with E-state index in [0.29, 0.717) is 10.6 Å². The summed E-state index contributed by atoms with van der Waals surface area (Å²) in [7, 11) is 0. The lowest BCUT2D eigenvalue weighted by atomic mass is 9.79. The van der Waals surface area contributed by atoms with Crippen LogP contribution < -0.4 is 5.73 Å². The highest BCUT2D eigenvalue weighted by Gasteiger charge is 2.41. The zero-order chi connectivity index (χ0) is 14.2. The predicted molar refractivity (Wildman–Crippen MR) is 78.2 cm³/mol. The van der Waals surface area contributed by atoms with Crippen molar-refractivity contribution >= 4 is 11.6 Å². The van der Waals surface area contributed by atoms with E-state index in [2.05, 4.69) is 0 Å². The van der Waals surface area contributed by atoms with Crippen LogP contribution in [-0.2, 0) is 4.74 Å². The Morgan fingerprint density at radius 2 is 2.10 bits per heavy atom. The third-order valence-electron chi connectivity index (χ3n) is 4.87. The molecule has 110 valence electrons. The van der Waals surface area contributed by atoms with E-state index in [1.807, 2.05) is 0 Å². The highest BCUT2D eigenvalue weighted by Crippen LogP contribution is 2.45. The van der Waals surface area contributed by atoms with Crippen molar-refractivity contribution < 1.29 is 9.13 Å². The maximum Gasteiger partial charge on any atom is 0.128 e. The second-order valence-corrected chi connectivity index (χ2v) is 6.62. The van der Waals surface area contributed by atoms with Gasteiger partial charge in [0.2, 0.25) is 0 Å².